The van der Waals surface area contributed by atoms with Gasteiger partial charge in [-0.15, -0.1) is 11.8 Å². The summed E-state index contributed by atoms with van der Waals surface area (Å²) < 4.78 is 5.20. The molecule has 1 aromatic heterocycles. The molecular weight excluding hydrogens is 272 g/mol. The summed E-state index contributed by atoms with van der Waals surface area (Å²) in [6.07, 6.45) is 5.71. The number of nitrogens with zero attached hydrogens (tertiary/aromatic N) is 4. The second-order valence-corrected chi connectivity index (χ2v) is 6.08. The molecular formula is C14H24N4OS. The first-order valence-electron chi connectivity index (χ1n) is 7.01. The van der Waals surface area contributed by atoms with Gasteiger partial charge in [0.1, 0.15) is 10.8 Å². The second-order valence-electron chi connectivity index (χ2n) is 5.25. The number of hydrogen-bond acceptors (Lipinski definition) is 6. The maximum Gasteiger partial charge on any atom is 0.148 e. The van der Waals surface area contributed by atoms with Crippen LogP contribution in [0.25, 0.3) is 0 Å². The van der Waals surface area contributed by atoms with Crippen LogP contribution in [0.2, 0.25) is 0 Å². The molecule has 0 aliphatic carbocycles. The van der Waals surface area contributed by atoms with E-state index < -0.39 is 0 Å². The third-order valence-corrected chi connectivity index (χ3v) is 4.40. The zero-order valence-electron chi connectivity index (χ0n) is 12.7. The fourth-order valence-electron chi connectivity index (χ4n) is 2.77. The van der Waals surface area contributed by atoms with Crippen molar-refractivity contribution in [1.29, 1.82) is 0 Å². The lowest BCUT2D eigenvalue weighted by atomic mass is 10.1. The molecule has 5 nitrogen and oxygen atoms in total. The van der Waals surface area contributed by atoms with Crippen molar-refractivity contribution in [3.8, 4) is 0 Å². The van der Waals surface area contributed by atoms with Crippen LogP contribution in [0.3, 0.4) is 0 Å². The second kappa shape index (κ2) is 7.24. The first-order chi connectivity index (χ1) is 9.65. The maximum atomic E-state index is 5.20. The molecule has 1 fully saturated rings. The lowest BCUT2D eigenvalue weighted by molar-refractivity contribution is 0.0844. The predicted molar refractivity (Wildman–Crippen MR) is 83.5 cm³/mol. The highest BCUT2D eigenvalue weighted by atomic mass is 32.2. The molecule has 0 amide bonds. The van der Waals surface area contributed by atoms with Crippen molar-refractivity contribution in [1.82, 2.24) is 14.9 Å². The fourth-order valence-corrected chi connectivity index (χ4v) is 3.12. The highest BCUT2D eigenvalue weighted by Crippen LogP contribution is 2.22. The molecule has 1 aromatic rings. The summed E-state index contributed by atoms with van der Waals surface area (Å²) in [7, 11) is 1.76. The summed E-state index contributed by atoms with van der Waals surface area (Å²) in [5.41, 5.74) is 0. The maximum absolute atomic E-state index is 5.20. The summed E-state index contributed by atoms with van der Waals surface area (Å²) in [4.78, 5) is 13.8. The predicted octanol–water partition coefficient (Wildman–Crippen LogP) is 1.74. The van der Waals surface area contributed by atoms with Crippen LogP contribution in [0.1, 0.15) is 13.8 Å². The zero-order valence-corrected chi connectivity index (χ0v) is 13.6. The third-order valence-electron chi connectivity index (χ3n) is 3.79. The van der Waals surface area contributed by atoms with Crippen molar-refractivity contribution in [3.63, 3.8) is 0 Å². The van der Waals surface area contributed by atoms with Crippen LogP contribution in [0.15, 0.2) is 17.4 Å². The topological polar surface area (TPSA) is 41.5 Å². The first-order valence-corrected chi connectivity index (χ1v) is 8.23. The molecule has 20 heavy (non-hydrogen) atoms. The Hall–Kier alpha value is -0.850. The number of piperazine rings is 1. The molecule has 6 heteroatoms. The van der Waals surface area contributed by atoms with E-state index in [-0.39, 0.29) is 0 Å². The highest BCUT2D eigenvalue weighted by molar-refractivity contribution is 7.98. The van der Waals surface area contributed by atoms with Crippen LogP contribution in [0.4, 0.5) is 5.82 Å². The van der Waals surface area contributed by atoms with E-state index in [0.717, 1.165) is 37.1 Å². The van der Waals surface area contributed by atoms with Crippen molar-refractivity contribution < 1.29 is 4.74 Å². The van der Waals surface area contributed by atoms with E-state index in [0.29, 0.717) is 12.1 Å². The van der Waals surface area contributed by atoms with Gasteiger partial charge in [0.2, 0.25) is 0 Å². The standard InChI is InChI=1S/C14H24N4OS/c1-11-9-17(10-12(2)18(11)5-6-19-3)13-7-15-8-14(16-13)20-4/h7-8,11-12H,5-6,9-10H2,1-4H3/t11-,12-/m0/s1. The van der Waals surface area contributed by atoms with Crippen molar-refractivity contribution in [2.45, 2.75) is 31.0 Å². The average molecular weight is 296 g/mol. The van der Waals surface area contributed by atoms with Gasteiger partial charge in [-0.2, -0.15) is 0 Å². The van der Waals surface area contributed by atoms with Crippen LogP contribution < -0.4 is 4.90 Å². The molecule has 0 spiro atoms. The Balaban J connectivity index is 2.05. The monoisotopic (exact) mass is 296 g/mol. The van der Waals surface area contributed by atoms with Gasteiger partial charge in [-0.05, 0) is 20.1 Å². The Kier molecular flexibility index (Phi) is 5.63. The van der Waals surface area contributed by atoms with Gasteiger partial charge in [-0.1, -0.05) is 0 Å². The van der Waals surface area contributed by atoms with E-state index in [2.05, 4.69) is 33.6 Å². The molecule has 0 radical (unpaired) electrons. The Bertz CT molecular complexity index is 419. The fraction of sp³-hybridized carbons (Fsp3) is 0.714. The minimum absolute atomic E-state index is 0.494. The molecule has 0 unspecified atom stereocenters. The molecule has 0 saturated carbocycles. The number of thioether (sulfide) groups is 1. The van der Waals surface area contributed by atoms with Gasteiger partial charge >= 0.3 is 0 Å². The first kappa shape index (κ1) is 15.5. The van der Waals surface area contributed by atoms with Gasteiger partial charge in [-0.25, -0.2) is 4.98 Å². The summed E-state index contributed by atoms with van der Waals surface area (Å²) in [6.45, 7) is 8.29. The quantitative estimate of drug-likeness (QED) is 0.771. The SMILES string of the molecule is COCCN1[C@@H](C)CN(c2cncc(SC)n2)C[C@@H]1C. The normalized spacial score (nSPS) is 24.1. The summed E-state index contributed by atoms with van der Waals surface area (Å²) in [6, 6.07) is 0.988. The third kappa shape index (κ3) is 3.62. The Morgan fingerprint density at radius 2 is 2.00 bits per heavy atom. The Morgan fingerprint density at radius 1 is 1.30 bits per heavy atom. The largest absolute Gasteiger partial charge is 0.383 e. The van der Waals surface area contributed by atoms with Crippen molar-refractivity contribution in [2.24, 2.45) is 0 Å². The van der Waals surface area contributed by atoms with Gasteiger partial charge < -0.3 is 9.64 Å². The summed E-state index contributed by atoms with van der Waals surface area (Å²) in [5, 5.41) is 0.976. The number of rotatable bonds is 5. The van der Waals surface area contributed by atoms with Crippen molar-refractivity contribution >= 4 is 17.6 Å². The van der Waals surface area contributed by atoms with E-state index in [1.165, 1.54) is 0 Å². The van der Waals surface area contributed by atoms with Crippen molar-refractivity contribution in [2.75, 3.05) is 44.5 Å². The molecule has 0 aromatic carbocycles. The summed E-state index contributed by atoms with van der Waals surface area (Å²) in [5.74, 6) is 0.988. The van der Waals surface area contributed by atoms with Crippen molar-refractivity contribution in [3.05, 3.63) is 12.4 Å². The molecule has 0 N–H and O–H groups in total. The molecule has 2 rings (SSSR count). The van der Waals surface area contributed by atoms with E-state index in [1.807, 2.05) is 18.6 Å². The minimum Gasteiger partial charge on any atom is -0.383 e. The van der Waals surface area contributed by atoms with E-state index >= 15 is 0 Å². The molecule has 1 aliphatic rings. The Morgan fingerprint density at radius 3 is 2.60 bits per heavy atom. The Labute approximate surface area is 125 Å². The van der Waals surface area contributed by atoms with Gasteiger partial charge in [0.25, 0.3) is 0 Å². The van der Waals surface area contributed by atoms with Gasteiger partial charge in [0, 0.05) is 38.8 Å². The number of hydrogen-bond donors (Lipinski definition) is 0. The molecule has 0 bridgehead atoms. The molecule has 112 valence electrons. The van der Waals surface area contributed by atoms with E-state index in [4.69, 9.17) is 4.74 Å². The van der Waals surface area contributed by atoms with E-state index in [1.54, 1.807) is 18.9 Å². The lowest BCUT2D eigenvalue weighted by Gasteiger charge is -2.44. The van der Waals surface area contributed by atoms with Crippen LogP contribution in [-0.4, -0.2) is 66.6 Å². The zero-order chi connectivity index (χ0) is 14.5. The molecule has 1 aliphatic heterocycles. The van der Waals surface area contributed by atoms with Crippen LogP contribution in [0, 0.1) is 0 Å². The lowest BCUT2D eigenvalue weighted by Crippen LogP contribution is -2.57. The smallest absolute Gasteiger partial charge is 0.148 e. The van der Waals surface area contributed by atoms with Gasteiger partial charge in [-0.3, -0.25) is 9.88 Å². The summed E-state index contributed by atoms with van der Waals surface area (Å²) >= 11 is 1.63. The molecule has 2 heterocycles. The van der Waals surface area contributed by atoms with Gasteiger partial charge in [0.15, 0.2) is 0 Å². The number of aromatic nitrogens is 2. The van der Waals surface area contributed by atoms with E-state index in [9.17, 15) is 0 Å². The van der Waals surface area contributed by atoms with Crippen LogP contribution in [0.5, 0.6) is 0 Å². The van der Waals surface area contributed by atoms with Crippen LogP contribution in [-0.2, 0) is 4.74 Å². The highest BCUT2D eigenvalue weighted by Gasteiger charge is 2.29. The van der Waals surface area contributed by atoms with Crippen LogP contribution >= 0.6 is 11.8 Å². The minimum atomic E-state index is 0.494. The van der Waals surface area contributed by atoms with Gasteiger partial charge in [0.05, 0.1) is 19.0 Å². The molecule has 2 atom stereocenters. The average Bonchev–Trinajstić information content (AvgIpc) is 2.46. The number of anilines is 1. The number of ether oxygens (including phenoxy) is 1. The molecule has 1 saturated heterocycles. The number of methoxy groups -OCH3 is 1.